The van der Waals surface area contributed by atoms with E-state index in [1.807, 2.05) is 6.07 Å². The van der Waals surface area contributed by atoms with E-state index in [2.05, 4.69) is 4.90 Å². The zero-order valence-corrected chi connectivity index (χ0v) is 14.4. The van der Waals surface area contributed by atoms with Crippen molar-refractivity contribution in [2.75, 3.05) is 32.8 Å². The standard InChI is InChI=1S/C19H21FN2O4/c20-16-4-6-17(7-5-16)26-19-8-3-15(14-18(19)22(23)24)2-1-9-21-10-12-25-13-11-21/h3-8,14H,1-2,9-13H2. The van der Waals surface area contributed by atoms with E-state index in [-0.39, 0.29) is 17.3 Å². The second-order valence-electron chi connectivity index (χ2n) is 6.17. The molecule has 0 amide bonds. The van der Waals surface area contributed by atoms with Gasteiger partial charge in [-0.15, -0.1) is 0 Å². The van der Waals surface area contributed by atoms with Gasteiger partial charge in [0, 0.05) is 19.2 Å². The molecule has 6 nitrogen and oxygen atoms in total. The largest absolute Gasteiger partial charge is 0.450 e. The number of hydrogen-bond acceptors (Lipinski definition) is 5. The van der Waals surface area contributed by atoms with E-state index in [4.69, 9.17) is 9.47 Å². The van der Waals surface area contributed by atoms with Crippen molar-refractivity contribution in [3.8, 4) is 11.5 Å². The molecule has 0 aliphatic carbocycles. The maximum Gasteiger partial charge on any atom is 0.311 e. The van der Waals surface area contributed by atoms with Crippen LogP contribution in [0.3, 0.4) is 0 Å². The first-order chi connectivity index (χ1) is 12.6. The predicted octanol–water partition coefficient (Wildman–Crippen LogP) is 3.79. The Balaban J connectivity index is 1.64. The molecule has 0 saturated carbocycles. The van der Waals surface area contributed by atoms with E-state index >= 15 is 0 Å². The van der Waals surface area contributed by atoms with Crippen LogP contribution in [0.2, 0.25) is 0 Å². The number of nitrogens with zero attached hydrogens (tertiary/aromatic N) is 2. The number of halogens is 1. The molecule has 3 rings (SSSR count). The zero-order chi connectivity index (χ0) is 18.4. The van der Waals surface area contributed by atoms with Gasteiger partial charge in [0.2, 0.25) is 5.75 Å². The van der Waals surface area contributed by atoms with Crippen LogP contribution in [0.15, 0.2) is 42.5 Å². The van der Waals surface area contributed by atoms with Crippen LogP contribution < -0.4 is 4.74 Å². The molecule has 26 heavy (non-hydrogen) atoms. The number of benzene rings is 2. The Morgan fingerprint density at radius 3 is 2.58 bits per heavy atom. The Kier molecular flexibility index (Phi) is 6.14. The molecule has 1 aliphatic heterocycles. The second-order valence-corrected chi connectivity index (χ2v) is 6.17. The first-order valence-corrected chi connectivity index (χ1v) is 8.62. The molecule has 0 atom stereocenters. The second kappa shape index (κ2) is 8.73. The number of ether oxygens (including phenoxy) is 2. The third-order valence-corrected chi connectivity index (χ3v) is 4.30. The average Bonchev–Trinajstić information content (AvgIpc) is 2.65. The molecule has 2 aromatic carbocycles. The molecule has 0 bridgehead atoms. The number of nitro benzene ring substituents is 1. The molecule has 0 radical (unpaired) electrons. The number of morpholine rings is 1. The van der Waals surface area contributed by atoms with Gasteiger partial charge < -0.3 is 9.47 Å². The van der Waals surface area contributed by atoms with Gasteiger partial charge in [0.1, 0.15) is 11.6 Å². The highest BCUT2D eigenvalue weighted by Gasteiger charge is 2.17. The van der Waals surface area contributed by atoms with Crippen molar-refractivity contribution >= 4 is 5.69 Å². The molecule has 1 fully saturated rings. The number of hydrogen-bond donors (Lipinski definition) is 0. The third-order valence-electron chi connectivity index (χ3n) is 4.30. The Morgan fingerprint density at radius 1 is 1.15 bits per heavy atom. The molecular weight excluding hydrogens is 339 g/mol. The van der Waals surface area contributed by atoms with Gasteiger partial charge in [0.15, 0.2) is 0 Å². The van der Waals surface area contributed by atoms with Gasteiger partial charge in [-0.2, -0.15) is 0 Å². The predicted molar refractivity (Wildman–Crippen MR) is 95.2 cm³/mol. The Hall–Kier alpha value is -2.51. The third kappa shape index (κ3) is 5.00. The van der Waals surface area contributed by atoms with E-state index in [0.29, 0.717) is 5.75 Å². The van der Waals surface area contributed by atoms with Crippen LogP contribution in [0, 0.1) is 15.9 Å². The molecule has 0 N–H and O–H groups in total. The van der Waals surface area contributed by atoms with Gasteiger partial charge in [0.25, 0.3) is 0 Å². The molecular formula is C19H21FN2O4. The summed E-state index contributed by atoms with van der Waals surface area (Å²) in [7, 11) is 0. The fourth-order valence-corrected chi connectivity index (χ4v) is 2.91. The maximum absolute atomic E-state index is 13.0. The van der Waals surface area contributed by atoms with E-state index in [9.17, 15) is 14.5 Å². The Bertz CT molecular complexity index is 746. The number of nitro groups is 1. The summed E-state index contributed by atoms with van der Waals surface area (Å²) < 4.78 is 23.8. The molecule has 0 spiro atoms. The highest BCUT2D eigenvalue weighted by Crippen LogP contribution is 2.32. The lowest BCUT2D eigenvalue weighted by molar-refractivity contribution is -0.385. The molecule has 2 aromatic rings. The van der Waals surface area contributed by atoms with Gasteiger partial charge in [-0.1, -0.05) is 6.07 Å². The summed E-state index contributed by atoms with van der Waals surface area (Å²) in [5, 5.41) is 11.4. The summed E-state index contributed by atoms with van der Waals surface area (Å²) in [6.45, 7) is 4.35. The lowest BCUT2D eigenvalue weighted by Gasteiger charge is -2.26. The molecule has 0 aromatic heterocycles. The first kappa shape index (κ1) is 18.3. The molecule has 7 heteroatoms. The number of aryl methyl sites for hydroxylation is 1. The normalized spacial score (nSPS) is 15.0. The van der Waals surface area contributed by atoms with E-state index < -0.39 is 4.92 Å². The van der Waals surface area contributed by atoms with Crippen LogP contribution in [0.1, 0.15) is 12.0 Å². The summed E-state index contributed by atoms with van der Waals surface area (Å²) in [6.07, 6.45) is 1.68. The summed E-state index contributed by atoms with van der Waals surface area (Å²) >= 11 is 0. The SMILES string of the molecule is O=[N+]([O-])c1cc(CCCN2CCOCC2)ccc1Oc1ccc(F)cc1. The topological polar surface area (TPSA) is 64.8 Å². The Labute approximate surface area is 151 Å². The van der Waals surface area contributed by atoms with Crippen LogP contribution >= 0.6 is 0 Å². The van der Waals surface area contributed by atoms with E-state index in [1.165, 1.54) is 24.3 Å². The summed E-state index contributed by atoms with van der Waals surface area (Å²) in [5.74, 6) is 0.121. The average molecular weight is 360 g/mol. The summed E-state index contributed by atoms with van der Waals surface area (Å²) in [4.78, 5) is 13.3. The molecule has 1 heterocycles. The van der Waals surface area contributed by atoms with Gasteiger partial charge in [-0.3, -0.25) is 15.0 Å². The monoisotopic (exact) mass is 360 g/mol. The fourth-order valence-electron chi connectivity index (χ4n) is 2.91. The number of rotatable bonds is 7. The van der Waals surface area contributed by atoms with Crippen molar-refractivity contribution in [1.29, 1.82) is 0 Å². The van der Waals surface area contributed by atoms with Crippen LogP contribution in [0.5, 0.6) is 11.5 Å². The minimum atomic E-state index is -0.454. The van der Waals surface area contributed by atoms with Crippen molar-refractivity contribution in [2.45, 2.75) is 12.8 Å². The molecule has 1 aliphatic rings. The van der Waals surface area contributed by atoms with Crippen LogP contribution in [-0.4, -0.2) is 42.7 Å². The van der Waals surface area contributed by atoms with Gasteiger partial charge >= 0.3 is 5.69 Å². The molecule has 138 valence electrons. The minimum Gasteiger partial charge on any atom is -0.450 e. The highest BCUT2D eigenvalue weighted by molar-refractivity contribution is 5.50. The molecule has 1 saturated heterocycles. The first-order valence-electron chi connectivity index (χ1n) is 8.62. The lowest BCUT2D eigenvalue weighted by atomic mass is 10.1. The van der Waals surface area contributed by atoms with Crippen molar-refractivity contribution in [3.63, 3.8) is 0 Å². The summed E-state index contributed by atoms with van der Waals surface area (Å²) in [5.41, 5.74) is 0.814. The Morgan fingerprint density at radius 2 is 1.88 bits per heavy atom. The van der Waals surface area contributed by atoms with Crippen molar-refractivity contribution in [3.05, 3.63) is 64.0 Å². The zero-order valence-electron chi connectivity index (χ0n) is 14.4. The van der Waals surface area contributed by atoms with Gasteiger partial charge in [-0.25, -0.2) is 4.39 Å². The summed E-state index contributed by atoms with van der Waals surface area (Å²) in [6, 6.07) is 10.4. The fraction of sp³-hybridized carbons (Fsp3) is 0.368. The van der Waals surface area contributed by atoms with Crippen LogP contribution in [-0.2, 0) is 11.2 Å². The smallest absolute Gasteiger partial charge is 0.311 e. The van der Waals surface area contributed by atoms with E-state index in [1.54, 1.807) is 12.1 Å². The minimum absolute atomic E-state index is 0.0850. The lowest BCUT2D eigenvalue weighted by Crippen LogP contribution is -2.36. The van der Waals surface area contributed by atoms with E-state index in [0.717, 1.165) is 51.3 Å². The van der Waals surface area contributed by atoms with Gasteiger partial charge in [-0.05, 0) is 55.3 Å². The molecule has 0 unspecified atom stereocenters. The quantitative estimate of drug-likeness (QED) is 0.555. The van der Waals surface area contributed by atoms with Crippen molar-refractivity contribution in [1.82, 2.24) is 4.90 Å². The van der Waals surface area contributed by atoms with Crippen LogP contribution in [0.4, 0.5) is 10.1 Å². The van der Waals surface area contributed by atoms with Gasteiger partial charge in [0.05, 0.1) is 18.1 Å². The van der Waals surface area contributed by atoms with Crippen molar-refractivity contribution < 1.29 is 18.8 Å². The maximum atomic E-state index is 13.0. The van der Waals surface area contributed by atoms with Crippen LogP contribution in [0.25, 0.3) is 0 Å². The highest BCUT2D eigenvalue weighted by atomic mass is 19.1. The van der Waals surface area contributed by atoms with Crippen molar-refractivity contribution in [2.24, 2.45) is 0 Å².